The topological polar surface area (TPSA) is 49.0 Å². The highest BCUT2D eigenvalue weighted by atomic mass is 32.1. The molecule has 0 unspecified atom stereocenters. The van der Waals surface area contributed by atoms with Gasteiger partial charge in [-0.3, -0.25) is 9.69 Å². The number of H-pyrrole nitrogens is 1. The molecule has 0 radical (unpaired) electrons. The van der Waals surface area contributed by atoms with Crippen LogP contribution in [0.2, 0.25) is 0 Å². The van der Waals surface area contributed by atoms with Crippen molar-refractivity contribution >= 4 is 11.3 Å². The Morgan fingerprint density at radius 3 is 2.76 bits per heavy atom. The molecule has 128 valence electrons. The van der Waals surface area contributed by atoms with Crippen LogP contribution in [0.5, 0.6) is 0 Å². The highest BCUT2D eigenvalue weighted by Crippen LogP contribution is 2.25. The van der Waals surface area contributed by atoms with E-state index in [0.29, 0.717) is 5.82 Å². The number of nitrogens with one attached hydrogen (secondary N) is 1. The highest BCUT2D eigenvalue weighted by Gasteiger charge is 2.22. The summed E-state index contributed by atoms with van der Waals surface area (Å²) in [5, 5.41) is 0. The third-order valence-corrected chi connectivity index (χ3v) is 5.93. The number of fused-ring (bicyclic) bond motifs is 1. The van der Waals surface area contributed by atoms with Gasteiger partial charge in [0.2, 0.25) is 0 Å². The van der Waals surface area contributed by atoms with Gasteiger partial charge in [-0.2, -0.15) is 0 Å². The summed E-state index contributed by atoms with van der Waals surface area (Å²) in [6.07, 6.45) is 0.760. The summed E-state index contributed by atoms with van der Waals surface area (Å²) in [6.45, 7) is 6.89. The van der Waals surface area contributed by atoms with E-state index in [4.69, 9.17) is 4.98 Å². The van der Waals surface area contributed by atoms with Crippen molar-refractivity contribution in [3.8, 4) is 11.4 Å². The van der Waals surface area contributed by atoms with Crippen molar-refractivity contribution in [3.63, 3.8) is 0 Å². The molecule has 0 fully saturated rings. The van der Waals surface area contributed by atoms with Gasteiger partial charge in [0.15, 0.2) is 0 Å². The molecule has 1 aliphatic rings. The molecule has 0 spiro atoms. The summed E-state index contributed by atoms with van der Waals surface area (Å²) in [4.78, 5) is 25.3. The third kappa shape index (κ3) is 3.30. The predicted octanol–water partition coefficient (Wildman–Crippen LogP) is 3.67. The van der Waals surface area contributed by atoms with Crippen molar-refractivity contribution in [1.82, 2.24) is 14.9 Å². The average molecular weight is 351 g/mol. The number of nitrogens with zero attached hydrogens (tertiary/aromatic N) is 2. The zero-order valence-electron chi connectivity index (χ0n) is 14.5. The first-order valence-electron chi connectivity index (χ1n) is 8.56. The number of hydrogen-bond donors (Lipinski definition) is 1. The van der Waals surface area contributed by atoms with Crippen LogP contribution in [-0.4, -0.2) is 21.4 Å². The second-order valence-corrected chi connectivity index (χ2v) is 7.96. The van der Waals surface area contributed by atoms with Crippen molar-refractivity contribution < 1.29 is 0 Å². The van der Waals surface area contributed by atoms with E-state index in [0.717, 1.165) is 42.9 Å². The maximum absolute atomic E-state index is 12.5. The molecule has 1 aromatic carbocycles. The zero-order valence-corrected chi connectivity index (χ0v) is 15.3. The van der Waals surface area contributed by atoms with Gasteiger partial charge in [-0.15, -0.1) is 11.3 Å². The lowest BCUT2D eigenvalue weighted by Gasteiger charge is -2.27. The molecule has 0 bridgehead atoms. The van der Waals surface area contributed by atoms with Gasteiger partial charge in [0.05, 0.1) is 5.69 Å². The van der Waals surface area contributed by atoms with Crippen LogP contribution in [0.4, 0.5) is 0 Å². The lowest BCUT2D eigenvalue weighted by molar-refractivity contribution is 0.242. The second-order valence-electron chi connectivity index (χ2n) is 6.62. The van der Waals surface area contributed by atoms with Crippen molar-refractivity contribution in [2.24, 2.45) is 0 Å². The molecule has 1 N–H and O–H groups in total. The molecule has 0 atom stereocenters. The van der Waals surface area contributed by atoms with Crippen LogP contribution in [0, 0.1) is 13.8 Å². The van der Waals surface area contributed by atoms with E-state index in [1.165, 1.54) is 15.3 Å². The first-order valence-corrected chi connectivity index (χ1v) is 9.37. The molecular weight excluding hydrogens is 330 g/mol. The van der Waals surface area contributed by atoms with E-state index in [1.807, 2.05) is 41.7 Å². The number of aromatic amines is 1. The van der Waals surface area contributed by atoms with E-state index >= 15 is 0 Å². The Bertz CT molecular complexity index is 939. The van der Waals surface area contributed by atoms with Crippen molar-refractivity contribution in [2.45, 2.75) is 33.4 Å². The van der Waals surface area contributed by atoms with Gasteiger partial charge in [-0.25, -0.2) is 4.98 Å². The van der Waals surface area contributed by atoms with Gasteiger partial charge >= 0.3 is 0 Å². The Labute approximate surface area is 151 Å². The summed E-state index contributed by atoms with van der Waals surface area (Å²) < 4.78 is 0. The molecule has 0 aliphatic carbocycles. The molecule has 2 aromatic heterocycles. The van der Waals surface area contributed by atoms with Gasteiger partial charge in [-0.05, 0) is 31.9 Å². The Morgan fingerprint density at radius 2 is 2.04 bits per heavy atom. The van der Waals surface area contributed by atoms with Gasteiger partial charge < -0.3 is 4.98 Å². The fourth-order valence-electron chi connectivity index (χ4n) is 3.31. The van der Waals surface area contributed by atoms with E-state index in [1.54, 1.807) is 0 Å². The maximum atomic E-state index is 12.5. The molecule has 5 heteroatoms. The van der Waals surface area contributed by atoms with Gasteiger partial charge in [-0.1, -0.05) is 30.3 Å². The van der Waals surface area contributed by atoms with E-state index in [9.17, 15) is 4.79 Å². The van der Waals surface area contributed by atoms with Crippen LogP contribution in [0.15, 0.2) is 41.2 Å². The molecular formula is C20H21N3OS. The number of hydrogen-bond acceptors (Lipinski definition) is 4. The Hall–Kier alpha value is -2.24. The summed E-state index contributed by atoms with van der Waals surface area (Å²) in [5.74, 6) is 0.661. The largest absolute Gasteiger partial charge is 0.306 e. The normalized spacial score (nSPS) is 14.5. The van der Waals surface area contributed by atoms with Crippen LogP contribution < -0.4 is 5.56 Å². The molecule has 4 rings (SSSR count). The summed E-state index contributed by atoms with van der Waals surface area (Å²) in [7, 11) is 0. The number of benzene rings is 1. The molecule has 0 saturated carbocycles. The van der Waals surface area contributed by atoms with Crippen molar-refractivity contribution in [3.05, 3.63) is 73.3 Å². The zero-order chi connectivity index (χ0) is 17.4. The van der Waals surface area contributed by atoms with Crippen LogP contribution in [-0.2, 0) is 19.5 Å². The van der Waals surface area contributed by atoms with Gasteiger partial charge in [0, 0.05) is 40.5 Å². The van der Waals surface area contributed by atoms with Gasteiger partial charge in [0.1, 0.15) is 5.82 Å². The first-order chi connectivity index (χ1) is 12.1. The fraction of sp³-hybridized carbons (Fsp3) is 0.300. The highest BCUT2D eigenvalue weighted by molar-refractivity contribution is 7.12. The number of aromatic nitrogens is 2. The monoisotopic (exact) mass is 351 g/mol. The number of rotatable bonds is 3. The summed E-state index contributed by atoms with van der Waals surface area (Å²) in [5.41, 5.74) is 4.07. The Morgan fingerprint density at radius 1 is 1.24 bits per heavy atom. The quantitative estimate of drug-likeness (QED) is 0.783. The van der Waals surface area contributed by atoms with Crippen LogP contribution in [0.1, 0.15) is 26.6 Å². The maximum Gasteiger partial charge on any atom is 0.254 e. The molecule has 0 amide bonds. The fourth-order valence-corrected chi connectivity index (χ4v) is 4.41. The van der Waals surface area contributed by atoms with Gasteiger partial charge in [0.25, 0.3) is 5.56 Å². The van der Waals surface area contributed by atoms with E-state index in [-0.39, 0.29) is 5.56 Å². The second kappa shape index (κ2) is 6.58. The van der Waals surface area contributed by atoms with Crippen LogP contribution >= 0.6 is 11.3 Å². The number of aryl methyl sites for hydroxylation is 2. The van der Waals surface area contributed by atoms with E-state index < -0.39 is 0 Å². The predicted molar refractivity (Wildman–Crippen MR) is 102 cm³/mol. The smallest absolute Gasteiger partial charge is 0.254 e. The van der Waals surface area contributed by atoms with Crippen molar-refractivity contribution in [2.75, 3.05) is 6.54 Å². The average Bonchev–Trinajstić information content (AvgIpc) is 2.92. The third-order valence-electron chi connectivity index (χ3n) is 4.80. The van der Waals surface area contributed by atoms with Crippen molar-refractivity contribution in [1.29, 1.82) is 0 Å². The lowest BCUT2D eigenvalue weighted by atomic mass is 10.1. The molecule has 1 aliphatic heterocycles. The summed E-state index contributed by atoms with van der Waals surface area (Å²) in [6, 6.07) is 12.1. The minimum atomic E-state index is 0.00585. The minimum Gasteiger partial charge on any atom is -0.306 e. The lowest BCUT2D eigenvalue weighted by Crippen LogP contribution is -2.34. The van der Waals surface area contributed by atoms with E-state index in [2.05, 4.69) is 29.8 Å². The summed E-state index contributed by atoms with van der Waals surface area (Å²) >= 11 is 1.86. The molecule has 25 heavy (non-hydrogen) atoms. The Kier molecular flexibility index (Phi) is 4.27. The Balaban J connectivity index is 1.61. The molecule has 0 saturated heterocycles. The standard InChI is InChI=1S/C20H21N3OS/c1-13-10-16(25-14(13)2)11-23-9-8-17-18(12-23)21-19(22-20(17)24)15-6-4-3-5-7-15/h3-7,10H,8-9,11-12H2,1-2H3,(H,21,22,24). The first kappa shape index (κ1) is 16.2. The molecule has 4 nitrogen and oxygen atoms in total. The minimum absolute atomic E-state index is 0.00585. The molecule has 3 aromatic rings. The molecule has 3 heterocycles. The van der Waals surface area contributed by atoms with Crippen LogP contribution in [0.3, 0.4) is 0 Å². The SMILES string of the molecule is Cc1cc(CN2CCc3c(nc(-c4ccccc4)[nH]c3=O)C2)sc1C. The number of thiophene rings is 1. The van der Waals surface area contributed by atoms with Crippen LogP contribution in [0.25, 0.3) is 11.4 Å².